The lowest BCUT2D eigenvalue weighted by Gasteiger charge is -2.24. The Morgan fingerprint density at radius 2 is 2.00 bits per heavy atom. The molecule has 0 aliphatic carbocycles. The predicted molar refractivity (Wildman–Crippen MR) is 133 cm³/mol. The third kappa shape index (κ3) is 5.38. The number of carbonyl (C=O) groups is 2. The van der Waals surface area contributed by atoms with Crippen molar-refractivity contribution in [2.75, 3.05) is 31.6 Å². The Morgan fingerprint density at radius 3 is 2.86 bits per heavy atom. The number of rotatable bonds is 5. The molecule has 0 saturated carbocycles. The van der Waals surface area contributed by atoms with E-state index in [1.807, 2.05) is 17.2 Å². The van der Waals surface area contributed by atoms with Crippen molar-refractivity contribution in [2.45, 2.75) is 6.42 Å². The number of hydrogen-bond donors (Lipinski definition) is 1. The number of carbonyl (C=O) groups excluding carboxylic acids is 2. The van der Waals surface area contributed by atoms with Gasteiger partial charge in [0.05, 0.1) is 25.0 Å². The van der Waals surface area contributed by atoms with E-state index in [0.29, 0.717) is 43.1 Å². The highest BCUT2D eigenvalue weighted by atomic mass is 16.5. The molecule has 2 aromatic heterocycles. The largest absolute Gasteiger partial charge is 0.379 e. The molecule has 2 amide bonds. The fourth-order valence-corrected chi connectivity index (χ4v) is 4.44. The quantitative estimate of drug-likeness (QED) is 0.483. The summed E-state index contributed by atoms with van der Waals surface area (Å²) in [7, 11) is 1.76. The van der Waals surface area contributed by atoms with E-state index in [1.165, 1.54) is 11.8 Å². The van der Waals surface area contributed by atoms with Gasteiger partial charge in [-0.3, -0.25) is 19.3 Å². The molecule has 35 heavy (non-hydrogen) atoms. The summed E-state index contributed by atoms with van der Waals surface area (Å²) in [5, 5.41) is 9.14. The summed E-state index contributed by atoms with van der Waals surface area (Å²) in [6.07, 6.45) is 7.64. The van der Waals surface area contributed by atoms with Gasteiger partial charge in [-0.25, -0.2) is 0 Å². The number of aromatic nitrogens is 3. The van der Waals surface area contributed by atoms with Crippen molar-refractivity contribution in [2.24, 2.45) is 13.0 Å². The van der Waals surface area contributed by atoms with Crippen LogP contribution in [0, 0.1) is 5.92 Å². The molecular weight excluding hydrogens is 442 g/mol. The molecule has 3 heterocycles. The first kappa shape index (κ1) is 22.7. The van der Waals surface area contributed by atoms with Crippen molar-refractivity contribution in [1.82, 2.24) is 19.7 Å². The molecule has 1 aliphatic rings. The molecule has 0 bridgehead atoms. The van der Waals surface area contributed by atoms with Gasteiger partial charge in [-0.15, -0.1) is 0 Å². The zero-order valence-electron chi connectivity index (χ0n) is 19.6. The van der Waals surface area contributed by atoms with Gasteiger partial charge in [-0.2, -0.15) is 5.10 Å². The standard InChI is InChI=1S/C27H27N5O3/c1-31-17-24(15-29-31)26(33)30-25-4-2-3-22(13-25)27(34)32-9-10-35-18-20(16-32)11-19-5-6-21-7-8-28-14-23(21)12-19/h2-8,12-15,17,20H,9-11,16,18H2,1H3,(H,30,33)/t20-/m1/s1. The molecule has 8 heteroatoms. The maximum atomic E-state index is 13.4. The fraction of sp³-hybridized carbons (Fsp3) is 0.259. The van der Waals surface area contributed by atoms with Crippen LogP contribution in [0.15, 0.2) is 73.3 Å². The fourth-order valence-electron chi connectivity index (χ4n) is 4.44. The first-order chi connectivity index (χ1) is 17.0. The van der Waals surface area contributed by atoms with Crippen molar-refractivity contribution >= 4 is 28.3 Å². The first-order valence-electron chi connectivity index (χ1n) is 11.6. The SMILES string of the molecule is Cn1cc(C(=O)Nc2cccc(C(=O)N3CCOC[C@H](Cc4ccc5ccncc5c4)C3)c2)cn1. The van der Waals surface area contributed by atoms with E-state index in [2.05, 4.69) is 33.6 Å². The molecule has 8 nitrogen and oxygen atoms in total. The molecule has 1 fully saturated rings. The van der Waals surface area contributed by atoms with Gasteiger partial charge in [-0.05, 0) is 47.7 Å². The summed E-state index contributed by atoms with van der Waals surface area (Å²) in [5.41, 5.74) is 2.76. The van der Waals surface area contributed by atoms with E-state index in [-0.39, 0.29) is 17.7 Å². The molecule has 1 atom stereocenters. The first-order valence-corrected chi connectivity index (χ1v) is 11.6. The highest BCUT2D eigenvalue weighted by Gasteiger charge is 2.24. The van der Waals surface area contributed by atoms with Gasteiger partial charge in [0.1, 0.15) is 0 Å². The summed E-state index contributed by atoms with van der Waals surface area (Å²) >= 11 is 0. The Bertz CT molecular complexity index is 1370. The molecule has 5 rings (SSSR count). The van der Waals surface area contributed by atoms with Crippen molar-refractivity contribution < 1.29 is 14.3 Å². The zero-order valence-corrected chi connectivity index (χ0v) is 19.6. The van der Waals surface area contributed by atoms with Gasteiger partial charge in [0.25, 0.3) is 11.8 Å². The van der Waals surface area contributed by atoms with Crippen molar-refractivity contribution in [1.29, 1.82) is 0 Å². The van der Waals surface area contributed by atoms with Crippen LogP contribution in [0.4, 0.5) is 5.69 Å². The molecular formula is C27H27N5O3. The number of amides is 2. The Kier molecular flexibility index (Phi) is 6.54. The number of nitrogens with one attached hydrogen (secondary N) is 1. The average Bonchev–Trinajstić information content (AvgIpc) is 3.18. The lowest BCUT2D eigenvalue weighted by atomic mass is 9.97. The second-order valence-corrected chi connectivity index (χ2v) is 8.89. The average molecular weight is 470 g/mol. The number of benzene rings is 2. The van der Waals surface area contributed by atoms with Gasteiger partial charge >= 0.3 is 0 Å². The Hall–Kier alpha value is -4.04. The zero-order chi connectivity index (χ0) is 24.2. The normalized spacial score (nSPS) is 16.1. The molecule has 1 saturated heterocycles. The lowest BCUT2D eigenvalue weighted by Crippen LogP contribution is -2.36. The molecule has 4 aromatic rings. The van der Waals surface area contributed by atoms with Crippen LogP contribution < -0.4 is 5.32 Å². The number of ether oxygens (including phenoxy) is 1. The van der Waals surface area contributed by atoms with Crippen LogP contribution in [0.2, 0.25) is 0 Å². The summed E-state index contributed by atoms with van der Waals surface area (Å²) < 4.78 is 7.41. The minimum atomic E-state index is -0.267. The summed E-state index contributed by atoms with van der Waals surface area (Å²) in [6, 6.07) is 15.4. The van der Waals surface area contributed by atoms with Crippen molar-refractivity contribution in [3.63, 3.8) is 0 Å². The minimum absolute atomic E-state index is 0.0688. The smallest absolute Gasteiger partial charge is 0.258 e. The Balaban J connectivity index is 1.27. The van der Waals surface area contributed by atoms with E-state index in [0.717, 1.165) is 17.2 Å². The van der Waals surface area contributed by atoms with Crippen LogP contribution >= 0.6 is 0 Å². The van der Waals surface area contributed by atoms with E-state index in [4.69, 9.17) is 4.74 Å². The van der Waals surface area contributed by atoms with E-state index in [1.54, 1.807) is 48.4 Å². The monoisotopic (exact) mass is 469 g/mol. The molecule has 1 N–H and O–H groups in total. The second-order valence-electron chi connectivity index (χ2n) is 8.89. The van der Waals surface area contributed by atoms with E-state index < -0.39 is 0 Å². The number of nitrogens with zero attached hydrogens (tertiary/aromatic N) is 4. The van der Waals surface area contributed by atoms with Gasteiger partial charge in [0.2, 0.25) is 0 Å². The van der Waals surface area contributed by atoms with Gasteiger partial charge < -0.3 is 15.0 Å². The second kappa shape index (κ2) is 10.1. The van der Waals surface area contributed by atoms with Crippen molar-refractivity contribution in [3.05, 3.63) is 90.0 Å². The topological polar surface area (TPSA) is 89.4 Å². The van der Waals surface area contributed by atoms with E-state index >= 15 is 0 Å². The van der Waals surface area contributed by atoms with Crippen LogP contribution in [0.25, 0.3) is 10.8 Å². The third-order valence-corrected chi connectivity index (χ3v) is 6.19. The number of hydrogen-bond acceptors (Lipinski definition) is 5. The lowest BCUT2D eigenvalue weighted by molar-refractivity contribution is 0.0737. The maximum absolute atomic E-state index is 13.4. The highest BCUT2D eigenvalue weighted by Crippen LogP contribution is 2.21. The van der Waals surface area contributed by atoms with Crippen LogP contribution in [-0.4, -0.2) is 57.8 Å². The summed E-state index contributed by atoms with van der Waals surface area (Å²) in [6.45, 7) is 2.25. The summed E-state index contributed by atoms with van der Waals surface area (Å²) in [5.74, 6) is -0.152. The highest BCUT2D eigenvalue weighted by molar-refractivity contribution is 6.04. The van der Waals surface area contributed by atoms with Crippen LogP contribution in [-0.2, 0) is 18.2 Å². The van der Waals surface area contributed by atoms with E-state index in [9.17, 15) is 9.59 Å². The number of anilines is 1. The maximum Gasteiger partial charge on any atom is 0.258 e. The predicted octanol–water partition coefficient (Wildman–Crippen LogP) is 3.55. The van der Waals surface area contributed by atoms with Crippen LogP contribution in [0.3, 0.4) is 0 Å². The van der Waals surface area contributed by atoms with Crippen LogP contribution in [0.5, 0.6) is 0 Å². The minimum Gasteiger partial charge on any atom is -0.379 e. The Morgan fingerprint density at radius 1 is 1.09 bits per heavy atom. The Labute approximate surface area is 203 Å². The van der Waals surface area contributed by atoms with Gasteiger partial charge in [-0.1, -0.05) is 18.2 Å². The number of aryl methyl sites for hydroxylation is 1. The van der Waals surface area contributed by atoms with Gasteiger partial charge in [0.15, 0.2) is 0 Å². The molecule has 2 aromatic carbocycles. The number of pyridine rings is 1. The van der Waals surface area contributed by atoms with Crippen molar-refractivity contribution in [3.8, 4) is 0 Å². The molecule has 178 valence electrons. The summed E-state index contributed by atoms with van der Waals surface area (Å²) in [4.78, 5) is 31.9. The molecule has 0 unspecified atom stereocenters. The molecule has 0 spiro atoms. The number of fused-ring (bicyclic) bond motifs is 1. The molecule has 1 aliphatic heterocycles. The molecule has 0 radical (unpaired) electrons. The van der Waals surface area contributed by atoms with Gasteiger partial charge in [0, 0.05) is 61.3 Å². The van der Waals surface area contributed by atoms with Crippen LogP contribution in [0.1, 0.15) is 26.3 Å². The third-order valence-electron chi connectivity index (χ3n) is 6.19.